The highest BCUT2D eigenvalue weighted by Gasteiger charge is 2.30. The van der Waals surface area contributed by atoms with Gasteiger partial charge in [0, 0.05) is 11.6 Å². The van der Waals surface area contributed by atoms with Gasteiger partial charge in [-0.25, -0.2) is 4.79 Å². The highest BCUT2D eigenvalue weighted by molar-refractivity contribution is 5.89. The highest BCUT2D eigenvalue weighted by atomic mass is 16.4. The van der Waals surface area contributed by atoms with Gasteiger partial charge in [0.1, 0.15) is 0 Å². The molecule has 0 amide bonds. The minimum absolute atomic E-state index is 0.409. The van der Waals surface area contributed by atoms with Crippen LogP contribution in [-0.2, 0) is 12.8 Å². The van der Waals surface area contributed by atoms with Gasteiger partial charge < -0.3 is 5.11 Å². The van der Waals surface area contributed by atoms with E-state index in [1.165, 1.54) is 30.5 Å². The number of aromatic carboxylic acids is 1. The summed E-state index contributed by atoms with van der Waals surface area (Å²) in [5, 5.41) is 9.33. The van der Waals surface area contributed by atoms with E-state index in [0.717, 1.165) is 37.8 Å². The van der Waals surface area contributed by atoms with Crippen molar-refractivity contribution in [2.24, 2.45) is 0 Å². The van der Waals surface area contributed by atoms with E-state index >= 15 is 0 Å². The average Bonchev–Trinajstić information content (AvgIpc) is 3.12. The summed E-state index contributed by atoms with van der Waals surface area (Å²) in [6.07, 6.45) is 9.11. The Morgan fingerprint density at radius 1 is 1.17 bits per heavy atom. The second-order valence-electron chi connectivity index (χ2n) is 5.52. The van der Waals surface area contributed by atoms with E-state index in [9.17, 15) is 9.90 Å². The van der Waals surface area contributed by atoms with Crippen LogP contribution in [0.15, 0.2) is 6.07 Å². The van der Waals surface area contributed by atoms with Crippen LogP contribution in [0.5, 0.6) is 0 Å². The minimum Gasteiger partial charge on any atom is -0.478 e. The van der Waals surface area contributed by atoms with E-state index in [0.29, 0.717) is 11.5 Å². The van der Waals surface area contributed by atoms with E-state index in [2.05, 4.69) is 0 Å². The minimum atomic E-state index is -0.811. The normalized spacial score (nSPS) is 19.8. The molecule has 0 spiro atoms. The summed E-state index contributed by atoms with van der Waals surface area (Å²) in [7, 11) is 0. The Morgan fingerprint density at radius 2 is 1.89 bits per heavy atom. The third-order valence-electron chi connectivity index (χ3n) is 4.02. The fourth-order valence-corrected chi connectivity index (χ4v) is 2.84. The quantitative estimate of drug-likeness (QED) is 0.869. The van der Waals surface area contributed by atoms with E-state index < -0.39 is 5.97 Å². The van der Waals surface area contributed by atoms with Crippen LogP contribution in [0.2, 0.25) is 0 Å². The molecular formula is C15H19NO2. The average molecular weight is 245 g/mol. The molecule has 18 heavy (non-hydrogen) atoms. The Hall–Kier alpha value is -1.38. The summed E-state index contributed by atoms with van der Waals surface area (Å²) in [4.78, 5) is 16.1. The molecule has 1 heterocycles. The van der Waals surface area contributed by atoms with Gasteiger partial charge in [0.2, 0.25) is 0 Å². The van der Waals surface area contributed by atoms with Crippen molar-refractivity contribution in [3.8, 4) is 0 Å². The third-order valence-corrected chi connectivity index (χ3v) is 4.02. The molecule has 3 heteroatoms. The zero-order valence-corrected chi connectivity index (χ0v) is 10.6. The summed E-state index contributed by atoms with van der Waals surface area (Å²) < 4.78 is 0. The predicted octanol–water partition coefficient (Wildman–Crippen LogP) is 3.32. The molecule has 1 saturated carbocycles. The van der Waals surface area contributed by atoms with Crippen molar-refractivity contribution < 1.29 is 9.90 Å². The van der Waals surface area contributed by atoms with Gasteiger partial charge in [-0.3, -0.25) is 4.98 Å². The van der Waals surface area contributed by atoms with Gasteiger partial charge in [-0.15, -0.1) is 0 Å². The number of fused-ring (bicyclic) bond motifs is 1. The van der Waals surface area contributed by atoms with E-state index in [1.807, 2.05) is 6.07 Å². The van der Waals surface area contributed by atoms with Crippen LogP contribution in [0.3, 0.4) is 0 Å². The molecule has 2 aliphatic rings. The van der Waals surface area contributed by atoms with Gasteiger partial charge in [0.25, 0.3) is 0 Å². The number of aromatic nitrogens is 1. The Morgan fingerprint density at radius 3 is 2.56 bits per heavy atom. The second-order valence-corrected chi connectivity index (χ2v) is 5.52. The first kappa shape index (κ1) is 11.7. The van der Waals surface area contributed by atoms with Gasteiger partial charge in [-0.2, -0.15) is 0 Å². The largest absolute Gasteiger partial charge is 0.478 e. The second kappa shape index (κ2) is 4.71. The molecule has 0 atom stereocenters. The maximum atomic E-state index is 11.4. The lowest BCUT2D eigenvalue weighted by molar-refractivity contribution is 0.0695. The van der Waals surface area contributed by atoms with Gasteiger partial charge in [0.05, 0.1) is 11.3 Å². The molecule has 0 bridgehead atoms. The summed E-state index contributed by atoms with van der Waals surface area (Å²) in [5.41, 5.74) is 3.65. The summed E-state index contributed by atoms with van der Waals surface area (Å²) in [5.74, 6) is -0.402. The van der Waals surface area contributed by atoms with Crippen molar-refractivity contribution in [3.05, 3.63) is 28.6 Å². The molecule has 1 aromatic rings. The zero-order chi connectivity index (χ0) is 12.5. The Kier molecular flexibility index (Phi) is 3.06. The number of carboxylic acid groups (broad SMARTS) is 1. The summed E-state index contributed by atoms with van der Waals surface area (Å²) >= 11 is 0. The third kappa shape index (κ3) is 2.26. The van der Waals surface area contributed by atoms with Gasteiger partial charge >= 0.3 is 5.97 Å². The maximum Gasteiger partial charge on any atom is 0.337 e. The number of pyridine rings is 1. The summed E-state index contributed by atoms with van der Waals surface area (Å²) in [6.45, 7) is 0. The van der Waals surface area contributed by atoms with Crippen molar-refractivity contribution in [2.75, 3.05) is 0 Å². The van der Waals surface area contributed by atoms with Crippen LogP contribution in [0, 0.1) is 0 Å². The number of rotatable bonds is 2. The van der Waals surface area contributed by atoms with Crippen LogP contribution in [-0.4, -0.2) is 16.1 Å². The fraction of sp³-hybridized carbons (Fsp3) is 0.600. The lowest BCUT2D eigenvalue weighted by atomic mass is 9.94. The first-order chi connectivity index (χ1) is 8.75. The molecular weight excluding hydrogens is 226 g/mol. The highest BCUT2D eigenvalue weighted by Crippen LogP contribution is 2.41. The number of hydrogen-bond donors (Lipinski definition) is 1. The lowest BCUT2D eigenvalue weighted by Crippen LogP contribution is -2.11. The molecule has 0 aromatic carbocycles. The fourth-order valence-electron chi connectivity index (χ4n) is 2.84. The predicted molar refractivity (Wildman–Crippen MR) is 69.0 cm³/mol. The molecule has 0 radical (unpaired) electrons. The van der Waals surface area contributed by atoms with Crippen LogP contribution < -0.4 is 0 Å². The number of carboxylic acids is 1. The molecule has 96 valence electrons. The zero-order valence-electron chi connectivity index (χ0n) is 10.6. The van der Waals surface area contributed by atoms with Gasteiger partial charge in [0.15, 0.2) is 0 Å². The SMILES string of the molecule is O=C(O)c1cc2c(nc1C1CC1)CCCCCC2. The van der Waals surface area contributed by atoms with Crippen molar-refractivity contribution >= 4 is 5.97 Å². The smallest absolute Gasteiger partial charge is 0.337 e. The topological polar surface area (TPSA) is 50.2 Å². The molecule has 0 saturated heterocycles. The molecule has 2 aliphatic carbocycles. The molecule has 3 nitrogen and oxygen atoms in total. The van der Waals surface area contributed by atoms with Crippen molar-refractivity contribution in [3.63, 3.8) is 0 Å². The standard InChI is InChI=1S/C15H19NO2/c17-15(18)12-9-11-5-3-1-2-4-6-13(11)16-14(12)10-7-8-10/h9-10H,1-8H2,(H,17,18). The molecule has 0 unspecified atom stereocenters. The van der Waals surface area contributed by atoms with Crippen LogP contribution >= 0.6 is 0 Å². The number of hydrogen-bond acceptors (Lipinski definition) is 2. The first-order valence-corrected chi connectivity index (χ1v) is 7.01. The summed E-state index contributed by atoms with van der Waals surface area (Å²) in [6, 6.07) is 1.91. The van der Waals surface area contributed by atoms with E-state index in [1.54, 1.807) is 0 Å². The molecule has 1 N–H and O–H groups in total. The first-order valence-electron chi connectivity index (χ1n) is 7.01. The number of carbonyl (C=O) groups is 1. The number of aryl methyl sites for hydroxylation is 2. The van der Waals surface area contributed by atoms with Crippen molar-refractivity contribution in [1.29, 1.82) is 0 Å². The Bertz CT molecular complexity index is 478. The van der Waals surface area contributed by atoms with Crippen LogP contribution in [0.1, 0.15) is 71.8 Å². The van der Waals surface area contributed by atoms with E-state index in [-0.39, 0.29) is 0 Å². The van der Waals surface area contributed by atoms with Gasteiger partial charge in [-0.1, -0.05) is 12.8 Å². The lowest BCUT2D eigenvalue weighted by Gasteiger charge is -2.16. The van der Waals surface area contributed by atoms with Crippen LogP contribution in [0.25, 0.3) is 0 Å². The number of nitrogens with zero attached hydrogens (tertiary/aromatic N) is 1. The molecule has 1 aromatic heterocycles. The van der Waals surface area contributed by atoms with E-state index in [4.69, 9.17) is 4.98 Å². The Balaban J connectivity index is 2.03. The Labute approximate surface area is 107 Å². The van der Waals surface area contributed by atoms with Crippen LogP contribution in [0.4, 0.5) is 0 Å². The van der Waals surface area contributed by atoms with Gasteiger partial charge in [-0.05, 0) is 50.2 Å². The maximum absolute atomic E-state index is 11.4. The monoisotopic (exact) mass is 245 g/mol. The molecule has 3 rings (SSSR count). The van der Waals surface area contributed by atoms with Crippen molar-refractivity contribution in [2.45, 2.75) is 57.3 Å². The molecule has 0 aliphatic heterocycles. The molecule has 1 fully saturated rings. The van der Waals surface area contributed by atoms with Crippen molar-refractivity contribution in [1.82, 2.24) is 4.98 Å².